The molecule has 0 bridgehead atoms. The Bertz CT molecular complexity index is 1250. The zero-order chi connectivity index (χ0) is 23.8. The van der Waals surface area contributed by atoms with E-state index in [0.29, 0.717) is 35.1 Å². The van der Waals surface area contributed by atoms with Gasteiger partial charge >= 0.3 is 0 Å². The van der Waals surface area contributed by atoms with E-state index >= 15 is 0 Å². The summed E-state index contributed by atoms with van der Waals surface area (Å²) in [5, 5.41) is 2.96. The van der Waals surface area contributed by atoms with E-state index in [2.05, 4.69) is 5.32 Å². The van der Waals surface area contributed by atoms with Gasteiger partial charge in [-0.05, 0) is 67.9 Å². The molecule has 0 unspecified atom stereocenters. The van der Waals surface area contributed by atoms with Gasteiger partial charge in [-0.1, -0.05) is 48.5 Å². The third-order valence-electron chi connectivity index (χ3n) is 5.21. The first-order valence-electron chi connectivity index (χ1n) is 11.2. The summed E-state index contributed by atoms with van der Waals surface area (Å²) in [6, 6.07) is 30.0. The summed E-state index contributed by atoms with van der Waals surface area (Å²) < 4.78 is 17.7. The average Bonchev–Trinajstić information content (AvgIpc) is 2.86. The molecule has 0 radical (unpaired) electrons. The molecule has 0 fully saturated rings. The van der Waals surface area contributed by atoms with Crippen LogP contribution in [0.1, 0.15) is 28.4 Å². The van der Waals surface area contributed by atoms with Crippen LogP contribution in [0.2, 0.25) is 0 Å². The van der Waals surface area contributed by atoms with Gasteiger partial charge in [0.25, 0.3) is 5.91 Å². The Morgan fingerprint density at radius 2 is 1.47 bits per heavy atom. The van der Waals surface area contributed by atoms with Gasteiger partial charge in [0.2, 0.25) is 0 Å². The number of ether oxygens (including phenoxy) is 3. The summed E-state index contributed by atoms with van der Waals surface area (Å²) in [6.45, 7) is 4.73. The van der Waals surface area contributed by atoms with Gasteiger partial charge < -0.3 is 19.5 Å². The van der Waals surface area contributed by atoms with Gasteiger partial charge in [-0.15, -0.1) is 0 Å². The van der Waals surface area contributed by atoms with Crippen molar-refractivity contribution in [2.24, 2.45) is 0 Å². The second-order valence-electron chi connectivity index (χ2n) is 7.68. The molecule has 4 aromatic rings. The number of rotatable bonds is 9. The second kappa shape index (κ2) is 11.1. The minimum atomic E-state index is -0.246. The Balaban J connectivity index is 1.53. The van der Waals surface area contributed by atoms with E-state index in [-0.39, 0.29) is 12.5 Å². The first-order chi connectivity index (χ1) is 16.6. The maximum Gasteiger partial charge on any atom is 0.255 e. The van der Waals surface area contributed by atoms with Crippen LogP contribution in [0.25, 0.3) is 0 Å². The van der Waals surface area contributed by atoms with Crippen LogP contribution in [0, 0.1) is 6.92 Å². The summed E-state index contributed by atoms with van der Waals surface area (Å²) in [5.41, 5.74) is 2.93. The van der Waals surface area contributed by atoms with E-state index in [1.807, 2.05) is 92.7 Å². The molecule has 0 saturated heterocycles. The SMILES string of the molecule is CCOc1ccc(C(=O)Nc2ccccc2Oc2ccccc2)cc1COc1ccccc1C. The van der Waals surface area contributed by atoms with Gasteiger partial charge in [-0.2, -0.15) is 0 Å². The quantitative estimate of drug-likeness (QED) is 0.296. The van der Waals surface area contributed by atoms with Gasteiger partial charge in [0.1, 0.15) is 23.9 Å². The molecule has 5 heteroatoms. The van der Waals surface area contributed by atoms with Crippen LogP contribution in [-0.4, -0.2) is 12.5 Å². The molecule has 0 aromatic heterocycles. The lowest BCUT2D eigenvalue weighted by molar-refractivity contribution is 0.102. The summed E-state index contributed by atoms with van der Waals surface area (Å²) in [5.74, 6) is 2.51. The predicted octanol–water partition coefficient (Wildman–Crippen LogP) is 7.02. The normalized spacial score (nSPS) is 10.4. The number of aryl methyl sites for hydroxylation is 1. The average molecular weight is 454 g/mol. The van der Waals surface area contributed by atoms with Crippen LogP contribution in [0.4, 0.5) is 5.69 Å². The van der Waals surface area contributed by atoms with Crippen molar-refractivity contribution in [1.82, 2.24) is 0 Å². The number of nitrogens with one attached hydrogen (secondary N) is 1. The fraction of sp³-hybridized carbons (Fsp3) is 0.138. The number of hydrogen-bond acceptors (Lipinski definition) is 4. The molecule has 4 aromatic carbocycles. The number of carbonyl (C=O) groups excluding carboxylic acids is 1. The van der Waals surface area contributed by atoms with E-state index in [0.717, 1.165) is 16.9 Å². The third kappa shape index (κ3) is 5.75. The van der Waals surface area contributed by atoms with E-state index in [9.17, 15) is 4.79 Å². The van der Waals surface area contributed by atoms with Crippen molar-refractivity contribution in [3.05, 3.63) is 114 Å². The molecule has 1 amide bonds. The summed E-state index contributed by atoms with van der Waals surface area (Å²) in [7, 11) is 0. The maximum absolute atomic E-state index is 13.1. The van der Waals surface area contributed by atoms with Crippen molar-refractivity contribution >= 4 is 11.6 Å². The number of carbonyl (C=O) groups is 1. The van der Waals surface area contributed by atoms with E-state index in [1.54, 1.807) is 18.2 Å². The standard InChI is InChI=1S/C29H27NO4/c1-3-32-27-18-17-22(19-23(27)20-33-26-15-9-7-11-21(26)2)29(31)30-25-14-8-10-16-28(25)34-24-12-5-4-6-13-24/h4-19H,3,20H2,1-2H3,(H,30,31). The lowest BCUT2D eigenvalue weighted by Crippen LogP contribution is -2.13. The molecular formula is C29H27NO4. The highest BCUT2D eigenvalue weighted by Crippen LogP contribution is 2.30. The van der Waals surface area contributed by atoms with Crippen molar-refractivity contribution in [3.63, 3.8) is 0 Å². The molecule has 0 aliphatic rings. The second-order valence-corrected chi connectivity index (χ2v) is 7.68. The lowest BCUT2D eigenvalue weighted by atomic mass is 10.1. The number of benzene rings is 4. The Morgan fingerprint density at radius 1 is 0.765 bits per heavy atom. The fourth-order valence-corrected chi connectivity index (χ4v) is 3.47. The van der Waals surface area contributed by atoms with Crippen molar-refractivity contribution in [1.29, 1.82) is 0 Å². The Kier molecular flexibility index (Phi) is 7.45. The summed E-state index contributed by atoms with van der Waals surface area (Å²) in [4.78, 5) is 13.1. The van der Waals surface area contributed by atoms with Crippen molar-refractivity contribution < 1.29 is 19.0 Å². The first-order valence-corrected chi connectivity index (χ1v) is 11.2. The van der Waals surface area contributed by atoms with Gasteiger partial charge in [0.05, 0.1) is 12.3 Å². The molecule has 0 aliphatic carbocycles. The van der Waals surface area contributed by atoms with E-state index in [4.69, 9.17) is 14.2 Å². The zero-order valence-corrected chi connectivity index (χ0v) is 19.3. The van der Waals surface area contributed by atoms with Crippen LogP contribution >= 0.6 is 0 Å². The smallest absolute Gasteiger partial charge is 0.255 e. The molecule has 4 rings (SSSR count). The first kappa shape index (κ1) is 22.9. The zero-order valence-electron chi connectivity index (χ0n) is 19.3. The molecule has 0 heterocycles. The van der Waals surface area contributed by atoms with Crippen LogP contribution in [0.15, 0.2) is 97.1 Å². The largest absolute Gasteiger partial charge is 0.493 e. The summed E-state index contributed by atoms with van der Waals surface area (Å²) in [6.07, 6.45) is 0. The van der Waals surface area contributed by atoms with Gasteiger partial charge in [0.15, 0.2) is 5.75 Å². The van der Waals surface area contributed by atoms with Crippen molar-refractivity contribution in [3.8, 4) is 23.0 Å². The van der Waals surface area contributed by atoms with Crippen molar-refractivity contribution in [2.75, 3.05) is 11.9 Å². The molecule has 0 spiro atoms. The van der Waals surface area contributed by atoms with Gasteiger partial charge in [-0.25, -0.2) is 0 Å². The third-order valence-corrected chi connectivity index (χ3v) is 5.21. The highest BCUT2D eigenvalue weighted by atomic mass is 16.5. The van der Waals surface area contributed by atoms with E-state index < -0.39 is 0 Å². The molecule has 34 heavy (non-hydrogen) atoms. The predicted molar refractivity (Wildman–Crippen MR) is 134 cm³/mol. The number of amides is 1. The highest BCUT2D eigenvalue weighted by Gasteiger charge is 2.14. The number of para-hydroxylation sites is 4. The molecule has 1 N–H and O–H groups in total. The minimum Gasteiger partial charge on any atom is -0.493 e. The Labute approximate surface area is 199 Å². The van der Waals surface area contributed by atoms with Gasteiger partial charge in [0, 0.05) is 11.1 Å². The maximum atomic E-state index is 13.1. The monoisotopic (exact) mass is 453 g/mol. The Hall–Kier alpha value is -4.25. The van der Waals surface area contributed by atoms with Crippen LogP contribution in [0.5, 0.6) is 23.0 Å². The molecule has 0 aliphatic heterocycles. The Morgan fingerprint density at radius 3 is 2.24 bits per heavy atom. The molecule has 5 nitrogen and oxygen atoms in total. The highest BCUT2D eigenvalue weighted by molar-refractivity contribution is 6.05. The lowest BCUT2D eigenvalue weighted by Gasteiger charge is -2.15. The van der Waals surface area contributed by atoms with Gasteiger partial charge in [-0.3, -0.25) is 4.79 Å². The molecule has 0 atom stereocenters. The molecule has 172 valence electrons. The van der Waals surface area contributed by atoms with Crippen LogP contribution in [0.3, 0.4) is 0 Å². The van der Waals surface area contributed by atoms with Crippen LogP contribution in [-0.2, 0) is 6.61 Å². The number of anilines is 1. The number of hydrogen-bond donors (Lipinski definition) is 1. The minimum absolute atomic E-state index is 0.246. The van der Waals surface area contributed by atoms with Crippen LogP contribution < -0.4 is 19.5 Å². The topological polar surface area (TPSA) is 56.8 Å². The van der Waals surface area contributed by atoms with Crippen molar-refractivity contribution in [2.45, 2.75) is 20.5 Å². The fourth-order valence-electron chi connectivity index (χ4n) is 3.47. The molecular weight excluding hydrogens is 426 g/mol. The molecule has 0 saturated carbocycles. The van der Waals surface area contributed by atoms with E-state index in [1.165, 1.54) is 0 Å². The summed E-state index contributed by atoms with van der Waals surface area (Å²) >= 11 is 0.